The number of aliphatic hydroxyl groups excluding tert-OH is 1. The number of hydrogen-bond acceptors (Lipinski definition) is 3. The molecule has 16 heavy (non-hydrogen) atoms. The number of rotatable bonds is 4. The highest BCUT2D eigenvalue weighted by Crippen LogP contribution is 2.27. The third-order valence-corrected chi connectivity index (χ3v) is 3.67. The second kappa shape index (κ2) is 4.80. The fourth-order valence-corrected chi connectivity index (χ4v) is 2.56. The minimum atomic E-state index is -0.298. The van der Waals surface area contributed by atoms with E-state index in [1.54, 1.807) is 17.5 Å². The summed E-state index contributed by atoms with van der Waals surface area (Å²) < 4.78 is 2.02. The van der Waals surface area contributed by atoms with Crippen molar-refractivity contribution < 1.29 is 5.11 Å². The number of nitrogens with zero attached hydrogens (tertiary/aromatic N) is 2. The van der Waals surface area contributed by atoms with Gasteiger partial charge in [-0.3, -0.25) is 0 Å². The smallest absolute Gasteiger partial charge is 0.150 e. The van der Waals surface area contributed by atoms with Crippen molar-refractivity contribution in [3.8, 4) is 10.7 Å². The van der Waals surface area contributed by atoms with Crippen LogP contribution in [-0.4, -0.2) is 20.8 Å². The Labute approximate surface area is 99.4 Å². The maximum Gasteiger partial charge on any atom is 0.150 e. The zero-order valence-electron chi connectivity index (χ0n) is 9.55. The molecule has 0 spiro atoms. The summed E-state index contributed by atoms with van der Waals surface area (Å²) >= 11 is 1.69. The molecule has 0 fully saturated rings. The minimum Gasteiger partial charge on any atom is -0.391 e. The largest absolute Gasteiger partial charge is 0.391 e. The van der Waals surface area contributed by atoms with E-state index in [4.69, 9.17) is 0 Å². The zero-order chi connectivity index (χ0) is 11.5. The van der Waals surface area contributed by atoms with Crippen LogP contribution in [0.15, 0.2) is 23.8 Å². The molecule has 1 N–H and O–H groups in total. The molecule has 4 heteroatoms. The molecule has 0 amide bonds. The number of thiophene rings is 1. The van der Waals surface area contributed by atoms with Gasteiger partial charge in [0.15, 0.2) is 0 Å². The van der Waals surface area contributed by atoms with Crippen LogP contribution in [0, 0.1) is 6.92 Å². The maximum absolute atomic E-state index is 9.68. The molecule has 0 aliphatic carbocycles. The van der Waals surface area contributed by atoms with Crippen LogP contribution in [-0.2, 0) is 6.54 Å². The molecule has 2 aromatic rings. The Kier molecular flexibility index (Phi) is 3.41. The standard InChI is InChI=1S/C12H16N2OS/c1-3-10(15)8-14-6-5-13-12(14)11-9(2)4-7-16-11/h4-7,10,15H,3,8H2,1-2H3/t10-/m1/s1. The summed E-state index contributed by atoms with van der Waals surface area (Å²) in [5.74, 6) is 0.958. The molecule has 0 aliphatic rings. The van der Waals surface area contributed by atoms with Crippen LogP contribution in [0.25, 0.3) is 10.7 Å². The van der Waals surface area contributed by atoms with Gasteiger partial charge in [-0.25, -0.2) is 4.98 Å². The van der Waals surface area contributed by atoms with Gasteiger partial charge in [-0.1, -0.05) is 6.92 Å². The van der Waals surface area contributed by atoms with E-state index in [0.717, 1.165) is 12.2 Å². The van der Waals surface area contributed by atoms with Crippen molar-refractivity contribution in [1.82, 2.24) is 9.55 Å². The molecule has 0 radical (unpaired) electrons. The van der Waals surface area contributed by atoms with E-state index in [1.807, 2.05) is 17.7 Å². The highest BCUT2D eigenvalue weighted by atomic mass is 32.1. The molecule has 2 rings (SSSR count). The van der Waals surface area contributed by atoms with E-state index in [-0.39, 0.29) is 6.10 Å². The fourth-order valence-electron chi connectivity index (χ4n) is 1.62. The van der Waals surface area contributed by atoms with Crippen LogP contribution >= 0.6 is 11.3 Å². The molecule has 0 saturated carbocycles. The van der Waals surface area contributed by atoms with Crippen molar-refractivity contribution in [3.63, 3.8) is 0 Å². The summed E-state index contributed by atoms with van der Waals surface area (Å²) in [5.41, 5.74) is 1.24. The van der Waals surface area contributed by atoms with Crippen molar-refractivity contribution in [2.24, 2.45) is 0 Å². The lowest BCUT2D eigenvalue weighted by molar-refractivity contribution is 0.150. The summed E-state index contributed by atoms with van der Waals surface area (Å²) in [6, 6.07) is 2.09. The maximum atomic E-state index is 9.68. The summed E-state index contributed by atoms with van der Waals surface area (Å²) in [6.07, 6.45) is 4.18. The zero-order valence-corrected chi connectivity index (χ0v) is 10.4. The Bertz CT molecular complexity index is 461. The molecule has 3 nitrogen and oxygen atoms in total. The lowest BCUT2D eigenvalue weighted by Crippen LogP contribution is -2.14. The quantitative estimate of drug-likeness (QED) is 0.886. The lowest BCUT2D eigenvalue weighted by Gasteiger charge is -2.11. The van der Waals surface area contributed by atoms with Gasteiger partial charge in [-0.2, -0.15) is 0 Å². The first-order valence-electron chi connectivity index (χ1n) is 5.46. The predicted octanol–water partition coefficient (Wildman–Crippen LogP) is 2.69. The van der Waals surface area contributed by atoms with E-state index in [2.05, 4.69) is 23.4 Å². The van der Waals surface area contributed by atoms with Gasteiger partial charge in [0, 0.05) is 12.4 Å². The van der Waals surface area contributed by atoms with E-state index in [9.17, 15) is 5.11 Å². The van der Waals surface area contributed by atoms with E-state index in [0.29, 0.717) is 6.54 Å². The molecule has 86 valence electrons. The summed E-state index contributed by atoms with van der Waals surface area (Å²) in [5, 5.41) is 11.7. The van der Waals surface area contributed by atoms with E-state index in [1.165, 1.54) is 10.4 Å². The van der Waals surface area contributed by atoms with Gasteiger partial charge in [0.2, 0.25) is 0 Å². The average molecular weight is 236 g/mol. The van der Waals surface area contributed by atoms with Crippen LogP contribution in [0.3, 0.4) is 0 Å². The van der Waals surface area contributed by atoms with E-state index >= 15 is 0 Å². The molecule has 0 aliphatic heterocycles. The first-order chi connectivity index (χ1) is 7.72. The molecule has 1 atom stereocenters. The number of aromatic nitrogens is 2. The summed E-state index contributed by atoms with van der Waals surface area (Å²) in [4.78, 5) is 5.56. The Morgan fingerprint density at radius 1 is 1.56 bits per heavy atom. The van der Waals surface area contributed by atoms with E-state index < -0.39 is 0 Å². The highest BCUT2D eigenvalue weighted by Gasteiger charge is 2.11. The van der Waals surface area contributed by atoms with Gasteiger partial charge >= 0.3 is 0 Å². The average Bonchev–Trinajstić information content (AvgIpc) is 2.86. The highest BCUT2D eigenvalue weighted by molar-refractivity contribution is 7.13. The van der Waals surface area contributed by atoms with Crippen LogP contribution in [0.4, 0.5) is 0 Å². The predicted molar refractivity (Wildman–Crippen MR) is 66.6 cm³/mol. The summed E-state index contributed by atoms with van der Waals surface area (Å²) in [7, 11) is 0. The van der Waals surface area contributed by atoms with Crippen LogP contribution in [0.5, 0.6) is 0 Å². The number of aryl methyl sites for hydroxylation is 1. The SMILES string of the molecule is CC[C@@H](O)Cn1ccnc1-c1sccc1C. The molecule has 2 heterocycles. The van der Waals surface area contributed by atoms with Crippen molar-refractivity contribution in [2.75, 3.05) is 0 Å². The van der Waals surface area contributed by atoms with Crippen molar-refractivity contribution >= 4 is 11.3 Å². The second-order valence-electron chi connectivity index (χ2n) is 3.90. The van der Waals surface area contributed by atoms with Gasteiger partial charge < -0.3 is 9.67 Å². The molecule has 2 aromatic heterocycles. The molecule has 0 bridgehead atoms. The van der Waals surface area contributed by atoms with Gasteiger partial charge in [0.25, 0.3) is 0 Å². The van der Waals surface area contributed by atoms with Crippen molar-refractivity contribution in [1.29, 1.82) is 0 Å². The van der Waals surface area contributed by atoms with Gasteiger partial charge in [-0.15, -0.1) is 11.3 Å². The Morgan fingerprint density at radius 2 is 2.38 bits per heavy atom. The van der Waals surface area contributed by atoms with Gasteiger partial charge in [-0.05, 0) is 30.4 Å². The lowest BCUT2D eigenvalue weighted by atomic mass is 10.2. The monoisotopic (exact) mass is 236 g/mol. The topological polar surface area (TPSA) is 38.0 Å². The Morgan fingerprint density at radius 3 is 3.00 bits per heavy atom. The van der Waals surface area contributed by atoms with Crippen LogP contribution < -0.4 is 0 Å². The summed E-state index contributed by atoms with van der Waals surface area (Å²) in [6.45, 7) is 4.68. The molecular formula is C12H16N2OS. The molecule has 0 aromatic carbocycles. The minimum absolute atomic E-state index is 0.298. The Balaban J connectivity index is 2.29. The van der Waals surface area contributed by atoms with Crippen LogP contribution in [0.1, 0.15) is 18.9 Å². The van der Waals surface area contributed by atoms with Crippen LogP contribution in [0.2, 0.25) is 0 Å². The molecule has 0 saturated heterocycles. The third kappa shape index (κ3) is 2.18. The fraction of sp³-hybridized carbons (Fsp3) is 0.417. The van der Waals surface area contributed by atoms with Crippen molar-refractivity contribution in [3.05, 3.63) is 29.4 Å². The molecule has 0 unspecified atom stereocenters. The number of hydrogen-bond donors (Lipinski definition) is 1. The first kappa shape index (κ1) is 11.4. The second-order valence-corrected chi connectivity index (χ2v) is 4.81. The third-order valence-electron chi connectivity index (χ3n) is 2.66. The number of imidazole rings is 1. The Hall–Kier alpha value is -1.13. The molecular weight excluding hydrogens is 220 g/mol. The van der Waals surface area contributed by atoms with Gasteiger partial charge in [0.05, 0.1) is 17.5 Å². The van der Waals surface area contributed by atoms with Gasteiger partial charge in [0.1, 0.15) is 5.82 Å². The normalized spacial score (nSPS) is 12.9. The number of aliphatic hydroxyl groups is 1. The first-order valence-corrected chi connectivity index (χ1v) is 6.34. The van der Waals surface area contributed by atoms with Crippen molar-refractivity contribution in [2.45, 2.75) is 32.9 Å².